The minimum Gasteiger partial charge on any atom is -0.477 e. The number of carbonyl (C=O) groups is 1. The topological polar surface area (TPSA) is 150 Å². The van der Waals surface area contributed by atoms with Crippen LogP contribution in [0.15, 0.2) is 140 Å². The number of rotatable bonds is 2. The number of hydrogen-bond donors (Lipinski definition) is 1. The number of hydrogen-bond acceptors (Lipinski definition) is 7. The van der Waals surface area contributed by atoms with Crippen molar-refractivity contribution in [2.75, 3.05) is 0 Å². The fourth-order valence-corrected chi connectivity index (χ4v) is 5.25. The second-order valence-corrected chi connectivity index (χ2v) is 13.0. The summed E-state index contributed by atoms with van der Waals surface area (Å²) in [5, 5.41) is 20.2. The molecule has 0 amide bonds. The third-order valence-electron chi connectivity index (χ3n) is 7.30. The number of aryl methyl sites for hydroxylation is 2. The Morgan fingerprint density at radius 2 is 1.29 bits per heavy atom. The molecule has 2 heterocycles. The summed E-state index contributed by atoms with van der Waals surface area (Å²) in [5.74, 6) is 6.91. The Morgan fingerprint density at radius 3 is 1.85 bits per heavy atom. The molecule has 0 saturated carbocycles. The predicted octanol–water partition coefficient (Wildman–Crippen LogP) is 7.89. The Labute approximate surface area is 330 Å². The highest BCUT2D eigenvalue weighted by molar-refractivity contribution is 9.10. The lowest BCUT2D eigenvalue weighted by Gasteiger charge is -2.00. The molecule has 2 aromatic heterocycles. The summed E-state index contributed by atoms with van der Waals surface area (Å²) in [6, 6.07) is 30.4. The Balaban J connectivity index is 0.000000170. The van der Waals surface area contributed by atoms with Gasteiger partial charge >= 0.3 is 5.97 Å². The SMILES string of the molecule is C#Cc1cccc(F)c1.Cn1cnc2cc(Br)ccc2c1=O.Cn1cnc2cc(C#Cc3ccccc3)ccc2c1=O.O=C(O)c1ccc(Br)cc1[N+](=O)[O-]. The van der Waals surface area contributed by atoms with Crippen LogP contribution in [-0.4, -0.2) is 35.1 Å². The minimum absolute atomic E-state index is 0.0162. The van der Waals surface area contributed by atoms with E-state index in [1.165, 1.54) is 46.1 Å². The molecular weight excluding hydrogens is 837 g/mol. The number of terminal acetylenes is 1. The number of fused-ring (bicyclic) bond motifs is 2. The number of nitro groups is 1. The molecule has 7 aromatic rings. The lowest BCUT2D eigenvalue weighted by atomic mass is 10.1. The van der Waals surface area contributed by atoms with Crippen LogP contribution in [0.1, 0.15) is 27.0 Å². The van der Waals surface area contributed by atoms with Gasteiger partial charge in [0.25, 0.3) is 16.8 Å². The van der Waals surface area contributed by atoms with Gasteiger partial charge in [0.1, 0.15) is 11.4 Å². The zero-order chi connectivity index (χ0) is 40.1. The zero-order valence-corrected chi connectivity index (χ0v) is 32.2. The Kier molecular flexibility index (Phi) is 14.4. The highest BCUT2D eigenvalue weighted by Gasteiger charge is 2.19. The Hall–Kier alpha value is -6.74. The molecule has 11 nitrogen and oxygen atoms in total. The van der Waals surface area contributed by atoms with Gasteiger partial charge in [-0.3, -0.25) is 19.7 Å². The van der Waals surface area contributed by atoms with E-state index in [1.54, 1.807) is 38.4 Å². The van der Waals surface area contributed by atoms with Crippen molar-refractivity contribution in [1.29, 1.82) is 0 Å². The van der Waals surface area contributed by atoms with Crippen LogP contribution in [0.25, 0.3) is 21.8 Å². The number of aromatic nitrogens is 4. The molecule has 0 aliphatic carbocycles. The first kappa shape index (κ1) is 41.0. The van der Waals surface area contributed by atoms with Crippen LogP contribution in [0.5, 0.6) is 0 Å². The van der Waals surface area contributed by atoms with Crippen molar-refractivity contribution in [2.24, 2.45) is 14.1 Å². The third kappa shape index (κ3) is 11.6. The van der Waals surface area contributed by atoms with Crippen LogP contribution < -0.4 is 11.1 Å². The van der Waals surface area contributed by atoms with E-state index in [9.17, 15) is 28.9 Å². The number of nitro benzene ring substituents is 1. The summed E-state index contributed by atoms with van der Waals surface area (Å²) in [6.07, 6.45) is 8.05. The first-order valence-corrected chi connectivity index (χ1v) is 17.4. The quantitative estimate of drug-likeness (QED) is 0.105. The first-order chi connectivity index (χ1) is 26.3. The van der Waals surface area contributed by atoms with Crippen LogP contribution in [-0.2, 0) is 14.1 Å². The van der Waals surface area contributed by atoms with Gasteiger partial charge in [-0.05, 0) is 78.9 Å². The van der Waals surface area contributed by atoms with E-state index in [2.05, 4.69) is 59.6 Å². The van der Waals surface area contributed by atoms with Crippen LogP contribution in [0.3, 0.4) is 0 Å². The molecule has 1 N–H and O–H groups in total. The van der Waals surface area contributed by atoms with E-state index in [-0.39, 0.29) is 22.5 Å². The number of halogens is 3. The van der Waals surface area contributed by atoms with E-state index in [1.807, 2.05) is 54.6 Å². The van der Waals surface area contributed by atoms with E-state index in [4.69, 9.17) is 11.5 Å². The van der Waals surface area contributed by atoms with Crippen molar-refractivity contribution >= 4 is 65.3 Å². The van der Waals surface area contributed by atoms with E-state index < -0.39 is 16.6 Å². The molecule has 7 rings (SSSR count). The van der Waals surface area contributed by atoms with Gasteiger partial charge in [-0.1, -0.05) is 73.9 Å². The summed E-state index contributed by atoms with van der Waals surface area (Å²) in [5.41, 5.74) is 3.00. The molecule has 0 bridgehead atoms. The average molecular weight is 866 g/mol. The molecule has 0 saturated heterocycles. The summed E-state index contributed by atoms with van der Waals surface area (Å²) < 4.78 is 16.6. The van der Waals surface area contributed by atoms with Gasteiger partial charge in [0.15, 0.2) is 0 Å². The maximum Gasteiger partial charge on any atom is 0.342 e. The summed E-state index contributed by atoms with van der Waals surface area (Å²) in [6.45, 7) is 0. The standard InChI is InChI=1S/C17H12N2O.C9H7BrN2O.C8H5F.C7H4BrNO4/c1-19-12-18-16-11-14(9-10-15(16)17(19)20)8-7-13-5-3-2-4-6-13;1-12-5-11-8-4-6(10)2-3-7(8)9(12)13;1-2-7-4-3-5-8(9)6-7;8-4-1-2-5(7(10)11)6(3-4)9(12)13/h2-6,9-12H,1H3;2-5H,1H3;1,3-6H;1-3H,(H,10,11). The van der Waals surface area contributed by atoms with E-state index >= 15 is 0 Å². The van der Waals surface area contributed by atoms with Crippen molar-refractivity contribution in [2.45, 2.75) is 0 Å². The molecule has 0 fully saturated rings. The van der Waals surface area contributed by atoms with Gasteiger partial charge in [0.05, 0.1) is 39.4 Å². The monoisotopic (exact) mass is 863 g/mol. The Bertz CT molecular complexity index is 2750. The highest BCUT2D eigenvalue weighted by atomic mass is 79.9. The van der Waals surface area contributed by atoms with Crippen LogP contribution in [0, 0.1) is 40.1 Å². The number of nitrogens with zero attached hydrogens (tertiary/aromatic N) is 5. The molecule has 0 aliphatic rings. The number of carboxylic acids is 1. The molecule has 5 aromatic carbocycles. The van der Waals surface area contributed by atoms with Gasteiger partial charge in [-0.25, -0.2) is 19.2 Å². The fraction of sp³-hybridized carbons (Fsp3) is 0.0488. The normalized spacial score (nSPS) is 9.82. The number of benzene rings is 5. The van der Waals surface area contributed by atoms with Gasteiger partial charge in [0, 0.05) is 45.8 Å². The van der Waals surface area contributed by atoms with Gasteiger partial charge in [-0.15, -0.1) is 6.42 Å². The average Bonchev–Trinajstić information content (AvgIpc) is 3.18. The third-order valence-corrected chi connectivity index (χ3v) is 8.29. The fourth-order valence-electron chi connectivity index (χ4n) is 4.55. The molecule has 274 valence electrons. The lowest BCUT2D eigenvalue weighted by Crippen LogP contribution is -2.16. The molecular formula is C41H28Br2FN5O6. The molecule has 14 heteroatoms. The first-order valence-electron chi connectivity index (χ1n) is 15.8. The maximum absolute atomic E-state index is 12.3. The molecule has 55 heavy (non-hydrogen) atoms. The largest absolute Gasteiger partial charge is 0.477 e. The van der Waals surface area contributed by atoms with Crippen molar-refractivity contribution in [3.05, 3.63) is 190 Å². The van der Waals surface area contributed by atoms with E-state index in [0.29, 0.717) is 26.3 Å². The molecule has 0 spiro atoms. The molecule has 0 atom stereocenters. The van der Waals surface area contributed by atoms with Gasteiger partial charge < -0.3 is 14.2 Å². The molecule has 0 aliphatic heterocycles. The van der Waals surface area contributed by atoms with Crippen molar-refractivity contribution in [3.63, 3.8) is 0 Å². The summed E-state index contributed by atoms with van der Waals surface area (Å²) in [4.78, 5) is 52.0. The summed E-state index contributed by atoms with van der Waals surface area (Å²) in [7, 11) is 3.38. The number of aromatic carboxylic acids is 1. The van der Waals surface area contributed by atoms with Gasteiger partial charge in [0.2, 0.25) is 0 Å². The van der Waals surface area contributed by atoms with Crippen LogP contribution in [0.4, 0.5) is 10.1 Å². The van der Waals surface area contributed by atoms with Crippen LogP contribution in [0.2, 0.25) is 0 Å². The predicted molar refractivity (Wildman–Crippen MR) is 216 cm³/mol. The second-order valence-electron chi connectivity index (χ2n) is 11.2. The van der Waals surface area contributed by atoms with Crippen molar-refractivity contribution in [3.8, 4) is 24.2 Å². The highest BCUT2D eigenvalue weighted by Crippen LogP contribution is 2.23. The summed E-state index contributed by atoms with van der Waals surface area (Å²) >= 11 is 6.34. The number of carboxylic acid groups (broad SMARTS) is 1. The molecule has 0 unspecified atom stereocenters. The smallest absolute Gasteiger partial charge is 0.342 e. The minimum atomic E-state index is -1.31. The van der Waals surface area contributed by atoms with Crippen LogP contribution >= 0.6 is 31.9 Å². The van der Waals surface area contributed by atoms with Crippen molar-refractivity contribution in [1.82, 2.24) is 19.1 Å². The van der Waals surface area contributed by atoms with E-state index in [0.717, 1.165) is 27.2 Å². The Morgan fingerprint density at radius 1 is 0.745 bits per heavy atom. The lowest BCUT2D eigenvalue weighted by molar-refractivity contribution is -0.385. The maximum atomic E-state index is 12.3. The second kappa shape index (κ2) is 19.4. The molecule has 0 radical (unpaired) electrons. The van der Waals surface area contributed by atoms with Gasteiger partial charge in [-0.2, -0.15) is 0 Å². The zero-order valence-electron chi connectivity index (χ0n) is 29.0. The van der Waals surface area contributed by atoms with Crippen molar-refractivity contribution < 1.29 is 19.2 Å².